The molecular weight excluding hydrogens is 264 g/mol. The van der Waals surface area contributed by atoms with E-state index >= 15 is 0 Å². The molecule has 0 N–H and O–H groups in total. The van der Waals surface area contributed by atoms with Crippen molar-refractivity contribution in [2.45, 2.75) is 4.90 Å². The van der Waals surface area contributed by atoms with Crippen LogP contribution < -0.4 is 4.90 Å². The van der Waals surface area contributed by atoms with Crippen molar-refractivity contribution in [3.05, 3.63) is 46.2 Å². The molecule has 0 aliphatic carbocycles. The van der Waals surface area contributed by atoms with Crippen LogP contribution in [0.3, 0.4) is 0 Å². The molecule has 0 radical (unpaired) electrons. The smallest absolute Gasteiger partial charge is 0.268 e. The highest BCUT2D eigenvalue weighted by molar-refractivity contribution is 7.80. The van der Waals surface area contributed by atoms with Crippen molar-refractivity contribution in [2.24, 2.45) is 0 Å². The number of thiol groups is 1. The van der Waals surface area contributed by atoms with E-state index in [-0.39, 0.29) is 5.91 Å². The molecule has 0 spiro atoms. The number of carbonyl (C=O) groups excluding carboxylic acids is 1. The van der Waals surface area contributed by atoms with E-state index in [1.54, 1.807) is 42.3 Å². The second-order valence-corrected chi connectivity index (χ2v) is 5.12. The molecule has 0 fully saturated rings. The van der Waals surface area contributed by atoms with Gasteiger partial charge in [0.25, 0.3) is 5.91 Å². The molecule has 2 rings (SSSR count). The number of hydrogen-bond donors (Lipinski definition) is 1. The van der Waals surface area contributed by atoms with Crippen molar-refractivity contribution in [3.8, 4) is 6.07 Å². The minimum Gasteiger partial charge on any atom is -0.311 e. The van der Waals surface area contributed by atoms with Gasteiger partial charge in [0, 0.05) is 23.0 Å². The molecule has 0 bridgehead atoms. The lowest BCUT2D eigenvalue weighted by Gasteiger charge is -2.16. The number of carbonyl (C=O) groups is 1. The molecular formula is C13H10N2OS2. The Balaban J connectivity index is 2.23. The Morgan fingerprint density at radius 2 is 2.06 bits per heavy atom. The summed E-state index contributed by atoms with van der Waals surface area (Å²) in [5.41, 5.74) is 1.33. The maximum absolute atomic E-state index is 12.2. The van der Waals surface area contributed by atoms with Crippen molar-refractivity contribution in [1.29, 1.82) is 5.26 Å². The number of benzene rings is 1. The van der Waals surface area contributed by atoms with Gasteiger partial charge in [-0.2, -0.15) is 5.26 Å². The maximum atomic E-state index is 12.2. The Labute approximate surface area is 115 Å². The van der Waals surface area contributed by atoms with E-state index in [9.17, 15) is 4.79 Å². The van der Waals surface area contributed by atoms with E-state index in [4.69, 9.17) is 5.26 Å². The van der Waals surface area contributed by atoms with Crippen molar-refractivity contribution in [1.82, 2.24) is 0 Å². The van der Waals surface area contributed by atoms with Gasteiger partial charge in [-0.25, -0.2) is 0 Å². The van der Waals surface area contributed by atoms with Crippen LogP contribution in [-0.2, 0) is 0 Å². The average Bonchev–Trinajstić information content (AvgIpc) is 2.84. The summed E-state index contributed by atoms with van der Waals surface area (Å²) in [4.78, 5) is 15.1. The fourth-order valence-corrected chi connectivity index (χ4v) is 2.60. The van der Waals surface area contributed by atoms with Crippen LogP contribution >= 0.6 is 24.0 Å². The SMILES string of the molecule is CN(C(=O)c1cc(S)cs1)c1ccc(C#N)cc1. The maximum Gasteiger partial charge on any atom is 0.268 e. The molecule has 0 aliphatic heterocycles. The van der Waals surface area contributed by atoms with Crippen LogP contribution in [0.15, 0.2) is 40.6 Å². The van der Waals surface area contributed by atoms with Crippen LogP contribution in [0.1, 0.15) is 15.2 Å². The highest BCUT2D eigenvalue weighted by Gasteiger charge is 2.15. The molecule has 18 heavy (non-hydrogen) atoms. The number of rotatable bonds is 2. The molecule has 0 saturated heterocycles. The summed E-state index contributed by atoms with van der Waals surface area (Å²) in [6, 6.07) is 10.7. The zero-order chi connectivity index (χ0) is 13.1. The van der Waals surface area contributed by atoms with Gasteiger partial charge in [0.05, 0.1) is 16.5 Å². The average molecular weight is 274 g/mol. The number of anilines is 1. The summed E-state index contributed by atoms with van der Waals surface area (Å²) in [5, 5.41) is 10.5. The molecule has 90 valence electrons. The Kier molecular flexibility index (Phi) is 3.70. The zero-order valence-corrected chi connectivity index (χ0v) is 11.3. The summed E-state index contributed by atoms with van der Waals surface area (Å²) in [5.74, 6) is -0.0787. The highest BCUT2D eigenvalue weighted by Crippen LogP contribution is 2.22. The predicted molar refractivity (Wildman–Crippen MR) is 75.5 cm³/mol. The van der Waals surface area contributed by atoms with Crippen LogP contribution in [0.4, 0.5) is 5.69 Å². The van der Waals surface area contributed by atoms with E-state index < -0.39 is 0 Å². The molecule has 0 aliphatic rings. The van der Waals surface area contributed by atoms with Gasteiger partial charge in [0.1, 0.15) is 0 Å². The number of amides is 1. The van der Waals surface area contributed by atoms with Crippen LogP contribution in [-0.4, -0.2) is 13.0 Å². The van der Waals surface area contributed by atoms with Crippen LogP contribution in [0.2, 0.25) is 0 Å². The molecule has 3 nitrogen and oxygen atoms in total. The minimum absolute atomic E-state index is 0.0787. The molecule has 1 aromatic heterocycles. The number of thiophene rings is 1. The summed E-state index contributed by atoms with van der Waals surface area (Å²) in [7, 11) is 1.71. The van der Waals surface area contributed by atoms with Gasteiger partial charge in [-0.1, -0.05) is 0 Å². The third-order valence-corrected chi connectivity index (χ3v) is 3.84. The normalized spacial score (nSPS) is 9.83. The Morgan fingerprint density at radius 3 is 2.56 bits per heavy atom. The van der Waals surface area contributed by atoms with Gasteiger partial charge >= 0.3 is 0 Å². The fourth-order valence-electron chi connectivity index (χ4n) is 1.48. The summed E-state index contributed by atoms with van der Waals surface area (Å²) >= 11 is 5.55. The highest BCUT2D eigenvalue weighted by atomic mass is 32.1. The Bertz CT molecular complexity index is 611. The lowest BCUT2D eigenvalue weighted by molar-refractivity contribution is 0.0996. The minimum atomic E-state index is -0.0787. The topological polar surface area (TPSA) is 44.1 Å². The summed E-state index contributed by atoms with van der Waals surface area (Å²) in [6.45, 7) is 0. The first kappa shape index (κ1) is 12.7. The van der Waals surface area contributed by atoms with Crippen molar-refractivity contribution in [2.75, 3.05) is 11.9 Å². The molecule has 5 heteroatoms. The van der Waals surface area contributed by atoms with Crippen molar-refractivity contribution >= 4 is 35.6 Å². The number of hydrogen-bond acceptors (Lipinski definition) is 4. The number of nitriles is 1. The Hall–Kier alpha value is -1.77. The lowest BCUT2D eigenvalue weighted by Crippen LogP contribution is -2.25. The third kappa shape index (κ3) is 2.55. The second-order valence-electron chi connectivity index (χ2n) is 3.69. The Morgan fingerprint density at radius 1 is 1.39 bits per heavy atom. The van der Waals surface area contributed by atoms with Crippen molar-refractivity contribution < 1.29 is 4.79 Å². The predicted octanol–water partition coefficient (Wildman–Crippen LogP) is 3.19. The van der Waals surface area contributed by atoms with Crippen molar-refractivity contribution in [3.63, 3.8) is 0 Å². The van der Waals surface area contributed by atoms with E-state index in [1.807, 2.05) is 11.4 Å². The molecule has 1 heterocycles. The fraction of sp³-hybridized carbons (Fsp3) is 0.0769. The lowest BCUT2D eigenvalue weighted by atomic mass is 10.2. The molecule has 1 amide bonds. The van der Waals surface area contributed by atoms with Gasteiger partial charge in [0.15, 0.2) is 0 Å². The molecule has 0 unspecified atom stereocenters. The van der Waals surface area contributed by atoms with Crippen LogP contribution in [0.5, 0.6) is 0 Å². The first-order valence-electron chi connectivity index (χ1n) is 5.17. The first-order chi connectivity index (χ1) is 8.61. The zero-order valence-electron chi connectivity index (χ0n) is 9.62. The largest absolute Gasteiger partial charge is 0.311 e. The third-order valence-electron chi connectivity index (χ3n) is 2.48. The quantitative estimate of drug-likeness (QED) is 0.855. The van der Waals surface area contributed by atoms with E-state index in [2.05, 4.69) is 12.6 Å². The van der Waals surface area contributed by atoms with Crippen LogP contribution in [0.25, 0.3) is 0 Å². The van der Waals surface area contributed by atoms with Gasteiger partial charge in [-0.15, -0.1) is 24.0 Å². The standard InChI is InChI=1S/C13H10N2OS2/c1-15(10-4-2-9(7-14)3-5-10)13(16)12-6-11(17)8-18-12/h2-6,8,17H,1H3. The van der Waals surface area contributed by atoms with E-state index in [0.29, 0.717) is 10.4 Å². The summed E-state index contributed by atoms with van der Waals surface area (Å²) < 4.78 is 0. The second kappa shape index (κ2) is 5.25. The van der Waals surface area contributed by atoms with Gasteiger partial charge in [0.2, 0.25) is 0 Å². The van der Waals surface area contributed by atoms with Gasteiger partial charge in [-0.05, 0) is 30.3 Å². The molecule has 0 atom stereocenters. The molecule has 1 aromatic carbocycles. The first-order valence-corrected chi connectivity index (χ1v) is 6.50. The van der Waals surface area contributed by atoms with Crippen LogP contribution in [0, 0.1) is 11.3 Å². The monoisotopic (exact) mass is 274 g/mol. The molecule has 2 aromatic rings. The van der Waals surface area contributed by atoms with E-state index in [1.165, 1.54) is 11.3 Å². The molecule has 0 saturated carbocycles. The van der Waals surface area contributed by atoms with E-state index in [0.717, 1.165) is 10.6 Å². The number of nitrogens with zero attached hydrogens (tertiary/aromatic N) is 2. The van der Waals surface area contributed by atoms with Gasteiger partial charge < -0.3 is 4.90 Å². The van der Waals surface area contributed by atoms with Gasteiger partial charge in [-0.3, -0.25) is 4.79 Å². The summed E-state index contributed by atoms with van der Waals surface area (Å²) in [6.07, 6.45) is 0.